The number of hydrogen-bond acceptors (Lipinski definition) is 4. The average Bonchev–Trinajstić information content (AvgIpc) is 2.45. The van der Waals surface area contributed by atoms with Gasteiger partial charge in [-0.3, -0.25) is 4.90 Å². The fourth-order valence-electron chi connectivity index (χ4n) is 2.28. The number of aromatic nitrogens is 1. The zero-order valence-electron chi connectivity index (χ0n) is 10.8. The van der Waals surface area contributed by atoms with Crippen LogP contribution in [0.25, 0.3) is 0 Å². The Morgan fingerprint density at radius 1 is 1.17 bits per heavy atom. The molecule has 0 aliphatic carbocycles. The maximum absolute atomic E-state index is 8.49. The molecular weight excluding hydrogens is 224 g/mol. The van der Waals surface area contributed by atoms with Crippen molar-refractivity contribution in [1.29, 1.82) is 5.26 Å². The third-order valence-electron chi connectivity index (χ3n) is 3.36. The van der Waals surface area contributed by atoms with Crippen molar-refractivity contribution in [2.24, 2.45) is 0 Å². The Kier molecular flexibility index (Phi) is 4.98. The third kappa shape index (κ3) is 3.71. The van der Waals surface area contributed by atoms with Gasteiger partial charge >= 0.3 is 0 Å². The smallest absolute Gasteiger partial charge is 0.128 e. The lowest BCUT2D eigenvalue weighted by Crippen LogP contribution is -2.46. The second-order valence-electron chi connectivity index (χ2n) is 4.63. The van der Waals surface area contributed by atoms with Crippen LogP contribution in [0.5, 0.6) is 0 Å². The molecule has 0 spiro atoms. The van der Waals surface area contributed by atoms with Crippen molar-refractivity contribution in [2.75, 3.05) is 37.6 Å². The minimum absolute atomic E-state index is 0.688. The summed E-state index contributed by atoms with van der Waals surface area (Å²) in [5.74, 6) is 1.08. The Morgan fingerprint density at radius 2 is 2.00 bits per heavy atom. The Labute approximate surface area is 109 Å². The van der Waals surface area contributed by atoms with Gasteiger partial charge in [-0.1, -0.05) is 6.07 Å². The molecule has 0 bridgehead atoms. The molecule has 4 nitrogen and oxygen atoms in total. The van der Waals surface area contributed by atoms with Gasteiger partial charge in [0.1, 0.15) is 5.82 Å². The minimum atomic E-state index is 0.688. The largest absolute Gasteiger partial charge is 0.354 e. The molecule has 96 valence electrons. The van der Waals surface area contributed by atoms with E-state index in [4.69, 9.17) is 5.26 Å². The van der Waals surface area contributed by atoms with Gasteiger partial charge in [0.25, 0.3) is 0 Å². The number of nitriles is 1. The second kappa shape index (κ2) is 6.97. The molecule has 1 aliphatic rings. The fraction of sp³-hybridized carbons (Fsp3) is 0.571. The molecule has 1 aromatic heterocycles. The van der Waals surface area contributed by atoms with E-state index in [1.165, 1.54) is 0 Å². The molecule has 18 heavy (non-hydrogen) atoms. The zero-order valence-corrected chi connectivity index (χ0v) is 10.8. The molecule has 1 saturated heterocycles. The SMILES string of the molecule is N#CCCCCN1CCN(c2ccccn2)CC1. The molecule has 4 heteroatoms. The summed E-state index contributed by atoms with van der Waals surface area (Å²) < 4.78 is 0. The van der Waals surface area contributed by atoms with Crippen LogP contribution in [0.1, 0.15) is 19.3 Å². The highest BCUT2D eigenvalue weighted by Gasteiger charge is 2.16. The van der Waals surface area contributed by atoms with Crippen molar-refractivity contribution in [2.45, 2.75) is 19.3 Å². The van der Waals surface area contributed by atoms with Crippen molar-refractivity contribution in [3.63, 3.8) is 0 Å². The van der Waals surface area contributed by atoms with Crippen molar-refractivity contribution >= 4 is 5.82 Å². The molecule has 2 rings (SSSR count). The number of nitrogens with zero attached hydrogens (tertiary/aromatic N) is 4. The Hall–Kier alpha value is -1.60. The molecule has 0 amide bonds. The van der Waals surface area contributed by atoms with E-state index in [1.807, 2.05) is 18.3 Å². The van der Waals surface area contributed by atoms with Crippen LogP contribution in [0, 0.1) is 11.3 Å². The van der Waals surface area contributed by atoms with Crippen LogP contribution in [0.2, 0.25) is 0 Å². The highest BCUT2D eigenvalue weighted by Crippen LogP contribution is 2.12. The molecule has 0 N–H and O–H groups in total. The van der Waals surface area contributed by atoms with E-state index in [0.717, 1.165) is 51.4 Å². The van der Waals surface area contributed by atoms with E-state index in [0.29, 0.717) is 6.42 Å². The zero-order chi connectivity index (χ0) is 12.6. The van der Waals surface area contributed by atoms with E-state index >= 15 is 0 Å². The van der Waals surface area contributed by atoms with Crippen molar-refractivity contribution in [3.05, 3.63) is 24.4 Å². The molecular formula is C14H20N4. The molecule has 0 aromatic carbocycles. The number of hydrogen-bond donors (Lipinski definition) is 0. The first kappa shape index (κ1) is 12.8. The number of rotatable bonds is 5. The molecule has 0 radical (unpaired) electrons. The van der Waals surface area contributed by atoms with Gasteiger partial charge in [-0.25, -0.2) is 4.98 Å². The monoisotopic (exact) mass is 244 g/mol. The van der Waals surface area contributed by atoms with Gasteiger partial charge in [-0.05, 0) is 31.5 Å². The Morgan fingerprint density at radius 3 is 2.67 bits per heavy atom. The van der Waals surface area contributed by atoms with E-state index in [9.17, 15) is 0 Å². The van der Waals surface area contributed by atoms with Crippen LogP contribution >= 0.6 is 0 Å². The third-order valence-corrected chi connectivity index (χ3v) is 3.36. The highest BCUT2D eigenvalue weighted by molar-refractivity contribution is 5.38. The summed E-state index contributed by atoms with van der Waals surface area (Å²) in [4.78, 5) is 9.21. The predicted octanol–water partition coefficient (Wildman–Crippen LogP) is 1.90. The van der Waals surface area contributed by atoms with Crippen molar-refractivity contribution in [3.8, 4) is 6.07 Å². The van der Waals surface area contributed by atoms with Gasteiger partial charge in [0.15, 0.2) is 0 Å². The van der Waals surface area contributed by atoms with Crippen LogP contribution in [-0.2, 0) is 0 Å². The molecule has 0 atom stereocenters. The Bertz CT molecular complexity index is 377. The average molecular weight is 244 g/mol. The fourth-order valence-corrected chi connectivity index (χ4v) is 2.28. The lowest BCUT2D eigenvalue weighted by Gasteiger charge is -2.35. The first-order chi connectivity index (χ1) is 8.90. The highest BCUT2D eigenvalue weighted by atomic mass is 15.3. The molecule has 1 aromatic rings. The second-order valence-corrected chi connectivity index (χ2v) is 4.63. The number of piperazine rings is 1. The van der Waals surface area contributed by atoms with Gasteiger partial charge in [0, 0.05) is 38.8 Å². The van der Waals surface area contributed by atoms with Crippen LogP contribution in [-0.4, -0.2) is 42.6 Å². The molecule has 0 unspecified atom stereocenters. The maximum Gasteiger partial charge on any atom is 0.128 e. The van der Waals surface area contributed by atoms with Crippen molar-refractivity contribution in [1.82, 2.24) is 9.88 Å². The minimum Gasteiger partial charge on any atom is -0.354 e. The van der Waals surface area contributed by atoms with Gasteiger partial charge in [-0.2, -0.15) is 5.26 Å². The molecule has 1 fully saturated rings. The summed E-state index contributed by atoms with van der Waals surface area (Å²) in [5, 5.41) is 8.49. The first-order valence-electron chi connectivity index (χ1n) is 6.65. The number of anilines is 1. The van der Waals surface area contributed by atoms with Crippen LogP contribution < -0.4 is 4.90 Å². The lowest BCUT2D eigenvalue weighted by molar-refractivity contribution is 0.253. The molecule has 0 saturated carbocycles. The predicted molar refractivity (Wildman–Crippen MR) is 72.4 cm³/mol. The van der Waals surface area contributed by atoms with Crippen LogP contribution in [0.4, 0.5) is 5.82 Å². The topological polar surface area (TPSA) is 43.2 Å². The van der Waals surface area contributed by atoms with E-state index in [2.05, 4.69) is 26.9 Å². The van der Waals surface area contributed by atoms with Crippen LogP contribution in [0.15, 0.2) is 24.4 Å². The van der Waals surface area contributed by atoms with Crippen molar-refractivity contribution < 1.29 is 0 Å². The van der Waals surface area contributed by atoms with Gasteiger partial charge in [0.05, 0.1) is 6.07 Å². The number of pyridine rings is 1. The lowest BCUT2D eigenvalue weighted by atomic mass is 10.2. The van der Waals surface area contributed by atoms with E-state index < -0.39 is 0 Å². The summed E-state index contributed by atoms with van der Waals surface area (Å²) in [5.41, 5.74) is 0. The molecule has 2 heterocycles. The standard InChI is InChI=1S/C14H20N4/c15-7-3-1-5-9-17-10-12-18(13-11-17)14-6-2-4-8-16-14/h2,4,6,8H,1,3,5,9-13H2. The maximum atomic E-state index is 8.49. The van der Waals surface area contributed by atoms with Crippen LogP contribution in [0.3, 0.4) is 0 Å². The summed E-state index contributed by atoms with van der Waals surface area (Å²) in [6, 6.07) is 8.26. The van der Waals surface area contributed by atoms with Gasteiger partial charge in [0.2, 0.25) is 0 Å². The number of unbranched alkanes of at least 4 members (excludes halogenated alkanes) is 2. The van der Waals surface area contributed by atoms with E-state index in [1.54, 1.807) is 0 Å². The summed E-state index contributed by atoms with van der Waals surface area (Å²) >= 11 is 0. The Balaban J connectivity index is 1.70. The first-order valence-corrected chi connectivity index (χ1v) is 6.65. The van der Waals surface area contributed by atoms with E-state index in [-0.39, 0.29) is 0 Å². The normalized spacial score (nSPS) is 16.5. The summed E-state index contributed by atoms with van der Waals surface area (Å²) in [6.45, 7) is 5.43. The van der Waals surface area contributed by atoms with Gasteiger partial charge < -0.3 is 4.90 Å². The summed E-state index contributed by atoms with van der Waals surface area (Å²) in [7, 11) is 0. The van der Waals surface area contributed by atoms with Gasteiger partial charge in [-0.15, -0.1) is 0 Å². The quantitative estimate of drug-likeness (QED) is 0.742. The molecule has 1 aliphatic heterocycles. The summed E-state index contributed by atoms with van der Waals surface area (Å²) in [6.07, 6.45) is 4.70.